The van der Waals surface area contributed by atoms with Crippen molar-refractivity contribution >= 4 is 21.7 Å². The molecule has 1 aromatic rings. The maximum atomic E-state index is 11.8. The number of sulfonamides is 1. The molecule has 1 amide bonds. The maximum absolute atomic E-state index is 11.8. The van der Waals surface area contributed by atoms with E-state index in [0.717, 1.165) is 11.9 Å². The van der Waals surface area contributed by atoms with Crippen molar-refractivity contribution in [3.63, 3.8) is 0 Å². The van der Waals surface area contributed by atoms with E-state index >= 15 is 0 Å². The van der Waals surface area contributed by atoms with E-state index in [2.05, 4.69) is 10.3 Å². The summed E-state index contributed by atoms with van der Waals surface area (Å²) in [5, 5.41) is 2.69. The summed E-state index contributed by atoms with van der Waals surface area (Å²) < 4.78 is 23.6. The first-order valence-electron chi connectivity index (χ1n) is 5.56. The van der Waals surface area contributed by atoms with Crippen molar-refractivity contribution in [2.75, 3.05) is 24.7 Å². The molecule has 1 aliphatic heterocycles. The van der Waals surface area contributed by atoms with Gasteiger partial charge in [0.2, 0.25) is 15.9 Å². The summed E-state index contributed by atoms with van der Waals surface area (Å²) in [5.41, 5.74) is 0.819. The van der Waals surface area contributed by atoms with E-state index in [1.165, 1.54) is 4.31 Å². The second-order valence-electron chi connectivity index (χ2n) is 4.43. The molecule has 0 radical (unpaired) electrons. The second kappa shape index (κ2) is 4.66. The standard InChI is InChI=1S/C11H15N3O3S/c1-8-4-3-5-10(12-8)13-11(15)9-6-14(7-9)18(2,16)17/h3-5,9H,6-7H2,1-2H3,(H,12,13,15). The molecule has 6 nitrogen and oxygen atoms in total. The lowest BCUT2D eigenvalue weighted by Gasteiger charge is -2.35. The lowest BCUT2D eigenvalue weighted by atomic mass is 10.0. The summed E-state index contributed by atoms with van der Waals surface area (Å²) in [6.07, 6.45) is 1.14. The number of amides is 1. The molecule has 0 unspecified atom stereocenters. The lowest BCUT2D eigenvalue weighted by molar-refractivity contribution is -0.122. The van der Waals surface area contributed by atoms with Gasteiger partial charge in [0, 0.05) is 18.8 Å². The van der Waals surface area contributed by atoms with Gasteiger partial charge in [0.25, 0.3) is 0 Å². The van der Waals surface area contributed by atoms with Gasteiger partial charge in [-0.3, -0.25) is 4.79 Å². The number of nitrogens with zero attached hydrogens (tertiary/aromatic N) is 2. The van der Waals surface area contributed by atoms with Gasteiger partial charge in [0.1, 0.15) is 5.82 Å². The van der Waals surface area contributed by atoms with Crippen molar-refractivity contribution in [2.24, 2.45) is 5.92 Å². The molecule has 1 saturated heterocycles. The van der Waals surface area contributed by atoms with E-state index in [1.54, 1.807) is 6.07 Å². The number of carbonyl (C=O) groups excluding carboxylic acids is 1. The van der Waals surface area contributed by atoms with E-state index in [4.69, 9.17) is 0 Å². The number of aryl methyl sites for hydroxylation is 1. The van der Waals surface area contributed by atoms with Crippen LogP contribution in [0.4, 0.5) is 5.82 Å². The number of rotatable bonds is 3. The van der Waals surface area contributed by atoms with Gasteiger partial charge in [0.15, 0.2) is 0 Å². The smallest absolute Gasteiger partial charge is 0.231 e. The SMILES string of the molecule is Cc1cccc(NC(=O)C2CN(S(C)(=O)=O)C2)n1. The fourth-order valence-corrected chi connectivity index (χ4v) is 2.62. The highest BCUT2D eigenvalue weighted by Gasteiger charge is 2.37. The third kappa shape index (κ3) is 2.85. The van der Waals surface area contributed by atoms with Crippen LogP contribution in [0.1, 0.15) is 5.69 Å². The van der Waals surface area contributed by atoms with Crippen molar-refractivity contribution in [1.82, 2.24) is 9.29 Å². The summed E-state index contributed by atoms with van der Waals surface area (Å²) in [6, 6.07) is 5.35. The highest BCUT2D eigenvalue weighted by molar-refractivity contribution is 7.88. The molecule has 1 N–H and O–H groups in total. The molecule has 1 aromatic heterocycles. The molecule has 0 saturated carbocycles. The van der Waals surface area contributed by atoms with Gasteiger partial charge in [-0.2, -0.15) is 0 Å². The quantitative estimate of drug-likeness (QED) is 0.851. The molecule has 1 aliphatic rings. The Morgan fingerprint density at radius 2 is 2.11 bits per heavy atom. The third-order valence-corrected chi connectivity index (χ3v) is 4.06. The van der Waals surface area contributed by atoms with Gasteiger partial charge in [-0.15, -0.1) is 0 Å². The maximum Gasteiger partial charge on any atom is 0.231 e. The average Bonchev–Trinajstić information content (AvgIpc) is 2.11. The molecule has 1 fully saturated rings. The second-order valence-corrected chi connectivity index (χ2v) is 6.41. The minimum atomic E-state index is -3.17. The van der Waals surface area contributed by atoms with Crippen LogP contribution in [-0.4, -0.2) is 43.0 Å². The zero-order valence-corrected chi connectivity index (χ0v) is 11.1. The van der Waals surface area contributed by atoms with Crippen LogP contribution in [0.3, 0.4) is 0 Å². The van der Waals surface area contributed by atoms with Crippen molar-refractivity contribution in [3.05, 3.63) is 23.9 Å². The van der Waals surface area contributed by atoms with Gasteiger partial charge in [-0.1, -0.05) is 6.07 Å². The number of hydrogen-bond acceptors (Lipinski definition) is 4. The van der Waals surface area contributed by atoms with Crippen LogP contribution >= 0.6 is 0 Å². The summed E-state index contributed by atoms with van der Waals surface area (Å²) in [5.74, 6) is 0.0212. The Morgan fingerprint density at radius 3 is 2.67 bits per heavy atom. The van der Waals surface area contributed by atoms with Crippen molar-refractivity contribution in [3.8, 4) is 0 Å². The molecule has 0 atom stereocenters. The highest BCUT2D eigenvalue weighted by atomic mass is 32.2. The first-order valence-corrected chi connectivity index (χ1v) is 7.41. The van der Waals surface area contributed by atoms with Crippen molar-refractivity contribution < 1.29 is 13.2 Å². The van der Waals surface area contributed by atoms with Crippen LogP contribution in [0.5, 0.6) is 0 Å². The van der Waals surface area contributed by atoms with Gasteiger partial charge >= 0.3 is 0 Å². The molecule has 2 heterocycles. The predicted molar refractivity (Wildman–Crippen MR) is 67.5 cm³/mol. The van der Waals surface area contributed by atoms with Crippen LogP contribution in [0.2, 0.25) is 0 Å². The fourth-order valence-electron chi connectivity index (χ4n) is 1.72. The normalized spacial score (nSPS) is 17.2. The number of nitrogens with one attached hydrogen (secondary N) is 1. The molecule has 0 spiro atoms. The van der Waals surface area contributed by atoms with Gasteiger partial charge in [-0.05, 0) is 19.1 Å². The van der Waals surface area contributed by atoms with E-state index < -0.39 is 10.0 Å². The van der Waals surface area contributed by atoms with Gasteiger partial charge < -0.3 is 5.32 Å². The Balaban J connectivity index is 1.92. The molecular formula is C11H15N3O3S. The summed E-state index contributed by atoms with van der Waals surface area (Å²) in [4.78, 5) is 16.0. The summed E-state index contributed by atoms with van der Waals surface area (Å²) >= 11 is 0. The fraction of sp³-hybridized carbons (Fsp3) is 0.455. The first-order chi connectivity index (χ1) is 8.36. The lowest BCUT2D eigenvalue weighted by Crippen LogP contribution is -2.53. The van der Waals surface area contributed by atoms with Crippen molar-refractivity contribution in [2.45, 2.75) is 6.92 Å². The average molecular weight is 269 g/mol. The van der Waals surface area contributed by atoms with E-state index in [-0.39, 0.29) is 24.9 Å². The van der Waals surface area contributed by atoms with Crippen molar-refractivity contribution in [1.29, 1.82) is 0 Å². The Labute approximate surface area is 106 Å². The minimum Gasteiger partial charge on any atom is -0.310 e. The number of carbonyl (C=O) groups is 1. The van der Waals surface area contributed by atoms with E-state index in [1.807, 2.05) is 19.1 Å². The number of hydrogen-bond donors (Lipinski definition) is 1. The molecule has 7 heteroatoms. The van der Waals surface area contributed by atoms with E-state index in [9.17, 15) is 13.2 Å². The third-order valence-electron chi connectivity index (χ3n) is 2.83. The first kappa shape index (κ1) is 13.0. The molecule has 0 aromatic carbocycles. The zero-order valence-electron chi connectivity index (χ0n) is 10.3. The molecular weight excluding hydrogens is 254 g/mol. The van der Waals surface area contributed by atoms with Crippen LogP contribution in [0.15, 0.2) is 18.2 Å². The zero-order chi connectivity index (χ0) is 13.3. The highest BCUT2D eigenvalue weighted by Crippen LogP contribution is 2.20. The van der Waals surface area contributed by atoms with Crippen LogP contribution in [0, 0.1) is 12.8 Å². The molecule has 2 rings (SSSR count). The number of aromatic nitrogens is 1. The van der Waals surface area contributed by atoms with Crippen LogP contribution < -0.4 is 5.32 Å². The van der Waals surface area contributed by atoms with Gasteiger partial charge in [-0.25, -0.2) is 17.7 Å². The monoisotopic (exact) mass is 269 g/mol. The molecule has 18 heavy (non-hydrogen) atoms. The van der Waals surface area contributed by atoms with Crippen LogP contribution in [0.25, 0.3) is 0 Å². The Hall–Kier alpha value is -1.47. The topological polar surface area (TPSA) is 79.4 Å². The molecule has 0 bridgehead atoms. The molecule has 98 valence electrons. The predicted octanol–water partition coefficient (Wildman–Crippen LogP) is 0.220. The van der Waals surface area contributed by atoms with Gasteiger partial charge in [0.05, 0.1) is 12.2 Å². The Bertz CT molecular complexity index is 565. The van der Waals surface area contributed by atoms with Crippen LogP contribution in [-0.2, 0) is 14.8 Å². The Morgan fingerprint density at radius 1 is 1.44 bits per heavy atom. The minimum absolute atomic E-state index is 0.187. The van der Waals surface area contributed by atoms with E-state index in [0.29, 0.717) is 5.82 Å². The summed E-state index contributed by atoms with van der Waals surface area (Å²) in [7, 11) is -3.17. The largest absolute Gasteiger partial charge is 0.310 e. The Kier molecular flexibility index (Phi) is 3.36. The molecule has 0 aliphatic carbocycles. The number of anilines is 1. The summed E-state index contributed by atoms with van der Waals surface area (Å²) in [6.45, 7) is 2.33. The number of pyridine rings is 1.